The van der Waals surface area contributed by atoms with Crippen molar-refractivity contribution in [1.29, 1.82) is 0 Å². The number of hydrogen-bond donors (Lipinski definition) is 1. The second kappa shape index (κ2) is 5.79. The average molecular weight is 302 g/mol. The smallest absolute Gasteiger partial charge is 0.408 e. The predicted molar refractivity (Wildman–Crippen MR) is 74.2 cm³/mol. The van der Waals surface area contributed by atoms with Crippen LogP contribution in [0.4, 0.5) is 9.18 Å². The lowest BCUT2D eigenvalue weighted by Crippen LogP contribution is -2.47. The monoisotopic (exact) mass is 301 g/mol. The summed E-state index contributed by atoms with van der Waals surface area (Å²) in [6.45, 7) is 6.43. The van der Waals surface area contributed by atoms with Gasteiger partial charge in [-0.1, -0.05) is 11.6 Å². The number of carbonyl (C=O) groups is 2. The Morgan fingerprint density at radius 2 is 1.95 bits per heavy atom. The third-order valence-corrected chi connectivity index (χ3v) is 2.72. The van der Waals surface area contributed by atoms with Gasteiger partial charge in [0.2, 0.25) is 0 Å². The molecule has 110 valence electrons. The number of hydrogen-bond acceptors (Lipinski definition) is 3. The first-order valence-electron chi connectivity index (χ1n) is 6.00. The van der Waals surface area contributed by atoms with Gasteiger partial charge in [0.15, 0.2) is 0 Å². The molecule has 0 heterocycles. The van der Waals surface area contributed by atoms with Crippen molar-refractivity contribution in [3.63, 3.8) is 0 Å². The maximum Gasteiger partial charge on any atom is 0.408 e. The van der Waals surface area contributed by atoms with Gasteiger partial charge in [0.25, 0.3) is 0 Å². The molecule has 0 radical (unpaired) electrons. The Morgan fingerprint density at radius 1 is 1.35 bits per heavy atom. The molecule has 0 saturated heterocycles. The van der Waals surface area contributed by atoms with Crippen molar-refractivity contribution >= 4 is 24.0 Å². The number of halogens is 2. The highest BCUT2D eigenvalue weighted by Gasteiger charge is 2.33. The molecule has 0 spiro atoms. The van der Waals surface area contributed by atoms with Crippen LogP contribution in [0.15, 0.2) is 18.2 Å². The number of alkyl carbamates (subject to hydrolysis) is 1. The van der Waals surface area contributed by atoms with E-state index in [4.69, 9.17) is 16.3 Å². The van der Waals surface area contributed by atoms with Gasteiger partial charge in [-0.2, -0.15) is 0 Å². The van der Waals surface area contributed by atoms with Crippen molar-refractivity contribution < 1.29 is 18.7 Å². The second-order valence-electron chi connectivity index (χ2n) is 5.57. The Labute approximate surface area is 122 Å². The van der Waals surface area contributed by atoms with E-state index in [0.717, 1.165) is 6.07 Å². The standard InChI is InChI=1S/C14H17ClFNO3/c1-13(2,3)20-12(19)17-14(4,8-18)10-7-9(15)5-6-11(10)16/h5-8H,1-4H3,(H,17,19). The van der Waals surface area contributed by atoms with Crippen LogP contribution in [0, 0.1) is 5.82 Å². The van der Waals surface area contributed by atoms with Crippen LogP contribution in [0.5, 0.6) is 0 Å². The first-order chi connectivity index (χ1) is 9.07. The third-order valence-electron chi connectivity index (χ3n) is 2.48. The normalized spacial score (nSPS) is 14.3. The lowest BCUT2D eigenvalue weighted by atomic mass is 9.93. The van der Waals surface area contributed by atoms with E-state index >= 15 is 0 Å². The summed E-state index contributed by atoms with van der Waals surface area (Å²) in [7, 11) is 0. The van der Waals surface area contributed by atoms with E-state index in [9.17, 15) is 14.0 Å². The summed E-state index contributed by atoms with van der Waals surface area (Å²) >= 11 is 5.80. The molecule has 0 saturated carbocycles. The number of amides is 1. The minimum Gasteiger partial charge on any atom is -0.444 e. The molecule has 0 fully saturated rings. The first-order valence-corrected chi connectivity index (χ1v) is 6.38. The fourth-order valence-corrected chi connectivity index (χ4v) is 1.74. The minimum absolute atomic E-state index is 0.0224. The zero-order valence-electron chi connectivity index (χ0n) is 11.8. The van der Waals surface area contributed by atoms with E-state index in [2.05, 4.69) is 5.32 Å². The number of carbonyl (C=O) groups excluding carboxylic acids is 2. The van der Waals surface area contributed by atoms with Crippen LogP contribution in [0.25, 0.3) is 0 Å². The summed E-state index contributed by atoms with van der Waals surface area (Å²) in [5.74, 6) is -0.639. The van der Waals surface area contributed by atoms with Gasteiger partial charge < -0.3 is 14.8 Å². The molecular formula is C14H17ClFNO3. The zero-order valence-corrected chi connectivity index (χ0v) is 12.5. The molecule has 0 bridgehead atoms. The van der Waals surface area contributed by atoms with Crippen LogP contribution < -0.4 is 5.32 Å². The first kappa shape index (κ1) is 16.4. The Morgan fingerprint density at radius 3 is 2.45 bits per heavy atom. The molecule has 1 N–H and O–H groups in total. The minimum atomic E-state index is -1.56. The van der Waals surface area contributed by atoms with E-state index < -0.39 is 23.1 Å². The van der Waals surface area contributed by atoms with Gasteiger partial charge in [-0.25, -0.2) is 9.18 Å². The van der Waals surface area contributed by atoms with Gasteiger partial charge in [-0.15, -0.1) is 0 Å². The van der Waals surface area contributed by atoms with E-state index in [0.29, 0.717) is 6.29 Å². The topological polar surface area (TPSA) is 55.4 Å². The number of rotatable bonds is 3. The van der Waals surface area contributed by atoms with E-state index in [1.54, 1.807) is 20.8 Å². The number of aldehydes is 1. The fraction of sp³-hybridized carbons (Fsp3) is 0.429. The van der Waals surface area contributed by atoms with Crippen molar-refractivity contribution in [3.8, 4) is 0 Å². The van der Waals surface area contributed by atoms with E-state index in [-0.39, 0.29) is 10.6 Å². The largest absolute Gasteiger partial charge is 0.444 e. The Balaban J connectivity index is 3.06. The summed E-state index contributed by atoms with van der Waals surface area (Å²) in [5.41, 5.74) is -2.30. The molecule has 1 rings (SSSR count). The quantitative estimate of drug-likeness (QED) is 0.870. The van der Waals surface area contributed by atoms with Gasteiger partial charge in [0.05, 0.1) is 0 Å². The molecule has 20 heavy (non-hydrogen) atoms. The highest BCUT2D eigenvalue weighted by Crippen LogP contribution is 2.25. The predicted octanol–water partition coefficient (Wildman–Crippen LogP) is 3.42. The third kappa shape index (κ3) is 4.20. The van der Waals surface area contributed by atoms with Gasteiger partial charge in [0.1, 0.15) is 23.2 Å². The fourth-order valence-electron chi connectivity index (χ4n) is 1.57. The molecule has 0 aromatic heterocycles. The van der Waals surface area contributed by atoms with Crippen LogP contribution in [0.1, 0.15) is 33.3 Å². The Kier molecular flexibility index (Phi) is 4.76. The molecule has 1 amide bonds. The number of nitrogens with one attached hydrogen (secondary N) is 1. The molecule has 1 aromatic rings. The molecule has 0 aliphatic carbocycles. The van der Waals surface area contributed by atoms with Gasteiger partial charge >= 0.3 is 6.09 Å². The van der Waals surface area contributed by atoms with E-state index in [1.807, 2.05) is 0 Å². The van der Waals surface area contributed by atoms with Crippen LogP contribution in [0.3, 0.4) is 0 Å². The summed E-state index contributed by atoms with van der Waals surface area (Å²) in [5, 5.41) is 2.62. The molecule has 6 heteroatoms. The lowest BCUT2D eigenvalue weighted by molar-refractivity contribution is -0.113. The maximum atomic E-state index is 13.8. The van der Waals surface area contributed by atoms with E-state index in [1.165, 1.54) is 19.1 Å². The van der Waals surface area contributed by atoms with Crippen molar-refractivity contribution in [2.24, 2.45) is 0 Å². The SMILES string of the molecule is CC(C)(C)OC(=O)NC(C)(C=O)c1cc(Cl)ccc1F. The Hall–Kier alpha value is -1.62. The number of ether oxygens (including phenoxy) is 1. The van der Waals surface area contributed by atoms with Gasteiger partial charge in [0, 0.05) is 10.6 Å². The molecule has 0 aliphatic heterocycles. The molecule has 1 unspecified atom stereocenters. The zero-order chi connectivity index (χ0) is 15.6. The van der Waals surface area contributed by atoms with Gasteiger partial charge in [-0.05, 0) is 45.9 Å². The molecule has 0 aliphatic rings. The lowest BCUT2D eigenvalue weighted by Gasteiger charge is -2.28. The summed E-state index contributed by atoms with van der Waals surface area (Å²) < 4.78 is 18.9. The molecule has 4 nitrogen and oxygen atoms in total. The summed E-state index contributed by atoms with van der Waals surface area (Å²) in [6.07, 6.45) is -0.377. The van der Waals surface area contributed by atoms with Crippen molar-refractivity contribution in [3.05, 3.63) is 34.6 Å². The van der Waals surface area contributed by atoms with Crippen molar-refractivity contribution in [1.82, 2.24) is 5.32 Å². The summed E-state index contributed by atoms with van der Waals surface area (Å²) in [4.78, 5) is 23.1. The van der Waals surface area contributed by atoms with Crippen molar-refractivity contribution in [2.45, 2.75) is 38.8 Å². The number of benzene rings is 1. The van der Waals surface area contributed by atoms with Crippen LogP contribution in [-0.2, 0) is 15.1 Å². The van der Waals surface area contributed by atoms with Crippen LogP contribution in [-0.4, -0.2) is 18.0 Å². The second-order valence-corrected chi connectivity index (χ2v) is 6.01. The molecule has 1 aromatic carbocycles. The Bertz CT molecular complexity index is 528. The highest BCUT2D eigenvalue weighted by atomic mass is 35.5. The summed E-state index contributed by atoms with van der Waals surface area (Å²) in [6, 6.07) is 3.79. The van der Waals surface area contributed by atoms with Crippen LogP contribution in [0.2, 0.25) is 5.02 Å². The maximum absolute atomic E-state index is 13.8. The highest BCUT2D eigenvalue weighted by molar-refractivity contribution is 6.30. The van der Waals surface area contributed by atoms with Crippen LogP contribution >= 0.6 is 11.6 Å². The average Bonchev–Trinajstić information content (AvgIpc) is 2.29. The van der Waals surface area contributed by atoms with Gasteiger partial charge in [-0.3, -0.25) is 0 Å². The van der Waals surface area contributed by atoms with Crippen molar-refractivity contribution in [2.75, 3.05) is 0 Å². The molecule has 1 atom stereocenters. The molecular weight excluding hydrogens is 285 g/mol.